The topological polar surface area (TPSA) is 40.6 Å². The van der Waals surface area contributed by atoms with E-state index in [-0.39, 0.29) is 11.6 Å². The zero-order valence-electron chi connectivity index (χ0n) is 13.3. The third kappa shape index (κ3) is 2.78. The Bertz CT molecular complexity index is 766. The first kappa shape index (κ1) is 17.2. The molecule has 24 heavy (non-hydrogen) atoms. The molecule has 0 fully saturated rings. The number of hydrogen-bond acceptors (Lipinski definition) is 4. The Morgan fingerprint density at radius 2 is 1.12 bits per heavy atom. The average molecular weight is 452 g/mol. The van der Waals surface area contributed by atoms with Crippen LogP contribution in [0.1, 0.15) is 20.7 Å². The maximum atomic E-state index is 12.0. The van der Waals surface area contributed by atoms with Crippen molar-refractivity contribution in [3.05, 3.63) is 47.5 Å². The van der Waals surface area contributed by atoms with Gasteiger partial charge in [0, 0.05) is 25.2 Å². The van der Waals surface area contributed by atoms with E-state index < -0.39 is 0 Å². The summed E-state index contributed by atoms with van der Waals surface area (Å²) in [5.41, 5.74) is 5.30. The van der Waals surface area contributed by atoms with Crippen molar-refractivity contribution in [2.24, 2.45) is 0 Å². The third-order valence-electron chi connectivity index (χ3n) is 4.28. The molecule has 2 aromatic carbocycles. The lowest BCUT2D eigenvalue weighted by Crippen LogP contribution is -2.25. The maximum Gasteiger partial charge on any atom is 0.173 e. The molecule has 1 heterocycles. The number of hydrogen-bond donors (Lipinski definition) is 0. The van der Waals surface area contributed by atoms with Gasteiger partial charge >= 0.3 is 0 Å². The summed E-state index contributed by atoms with van der Waals surface area (Å²) < 4.78 is 0. The Morgan fingerprint density at radius 3 is 1.46 bits per heavy atom. The number of anilines is 4. The van der Waals surface area contributed by atoms with E-state index in [1.54, 1.807) is 0 Å². The zero-order chi connectivity index (χ0) is 17.4. The third-order valence-corrected chi connectivity index (χ3v) is 5.30. The van der Waals surface area contributed by atoms with Crippen LogP contribution in [-0.2, 0) is 0 Å². The lowest BCUT2D eigenvalue weighted by molar-refractivity contribution is 0.101. The molecule has 124 valence electrons. The number of alkyl halides is 2. The van der Waals surface area contributed by atoms with E-state index in [2.05, 4.69) is 41.7 Å². The van der Waals surface area contributed by atoms with Gasteiger partial charge in [0.25, 0.3) is 0 Å². The van der Waals surface area contributed by atoms with Crippen molar-refractivity contribution in [2.45, 2.75) is 0 Å². The van der Waals surface area contributed by atoms with Crippen molar-refractivity contribution in [3.63, 3.8) is 0 Å². The quantitative estimate of drug-likeness (QED) is 0.499. The Morgan fingerprint density at radius 1 is 0.750 bits per heavy atom. The van der Waals surface area contributed by atoms with Gasteiger partial charge in [-0.15, -0.1) is 0 Å². The van der Waals surface area contributed by atoms with E-state index >= 15 is 0 Å². The molecular formula is C18H16Br2N2O2. The van der Waals surface area contributed by atoms with E-state index in [4.69, 9.17) is 0 Å². The summed E-state index contributed by atoms with van der Waals surface area (Å²) in [6.07, 6.45) is 0. The molecule has 0 atom stereocenters. The first-order valence-corrected chi connectivity index (χ1v) is 9.66. The Balaban J connectivity index is 2.10. The minimum absolute atomic E-state index is 0.0536. The Kier molecular flexibility index (Phi) is 4.78. The van der Waals surface area contributed by atoms with Crippen LogP contribution in [0, 0.1) is 0 Å². The average Bonchev–Trinajstić information content (AvgIpc) is 2.63. The van der Waals surface area contributed by atoms with Crippen molar-refractivity contribution < 1.29 is 9.59 Å². The van der Waals surface area contributed by atoms with Crippen LogP contribution >= 0.6 is 31.9 Å². The summed E-state index contributed by atoms with van der Waals surface area (Å²) in [5.74, 6) is 0.107. The molecule has 6 heteroatoms. The normalized spacial score (nSPS) is 12.7. The smallest absolute Gasteiger partial charge is 0.173 e. The number of rotatable bonds is 4. The van der Waals surface area contributed by atoms with Gasteiger partial charge in [-0.2, -0.15) is 0 Å². The number of nitrogens with zero attached hydrogens (tertiary/aromatic N) is 2. The zero-order valence-corrected chi connectivity index (χ0v) is 16.5. The fourth-order valence-corrected chi connectivity index (χ4v) is 3.56. The molecule has 0 amide bonds. The predicted molar refractivity (Wildman–Crippen MR) is 105 cm³/mol. The van der Waals surface area contributed by atoms with E-state index in [0.717, 1.165) is 22.7 Å². The fourth-order valence-electron chi connectivity index (χ4n) is 2.91. The summed E-state index contributed by atoms with van der Waals surface area (Å²) in [7, 11) is 3.94. The molecule has 0 N–H and O–H groups in total. The van der Waals surface area contributed by atoms with E-state index in [9.17, 15) is 9.59 Å². The first-order valence-electron chi connectivity index (χ1n) is 7.41. The molecular weight excluding hydrogens is 436 g/mol. The van der Waals surface area contributed by atoms with Crippen LogP contribution in [0.25, 0.3) is 0 Å². The standard InChI is InChI=1S/C18H16Br2N2O2/c1-21-13-5-3-12(18(24)10-20)8-16(13)22(2)14-6-4-11(7-15(14)21)17(23)9-19/h3-8H,9-10H2,1-2H3. The molecule has 0 unspecified atom stereocenters. The molecule has 2 aromatic rings. The molecule has 0 aromatic heterocycles. The summed E-state index contributed by atoms with van der Waals surface area (Å²) in [6, 6.07) is 11.4. The Labute approximate surface area is 157 Å². The van der Waals surface area contributed by atoms with Crippen LogP contribution in [-0.4, -0.2) is 36.3 Å². The first-order chi connectivity index (χ1) is 11.5. The van der Waals surface area contributed by atoms with Crippen molar-refractivity contribution >= 4 is 66.2 Å². The number of carbonyl (C=O) groups excluding carboxylic acids is 2. The molecule has 3 rings (SSSR count). The van der Waals surface area contributed by atoms with Gasteiger partial charge in [-0.25, -0.2) is 0 Å². The summed E-state index contributed by atoms with van der Waals surface area (Å²) in [5, 5.41) is 0.611. The molecule has 0 radical (unpaired) electrons. The van der Waals surface area contributed by atoms with Crippen molar-refractivity contribution in [1.82, 2.24) is 0 Å². The van der Waals surface area contributed by atoms with Gasteiger partial charge < -0.3 is 9.80 Å². The van der Waals surface area contributed by atoms with Crippen LogP contribution in [0.2, 0.25) is 0 Å². The van der Waals surface area contributed by atoms with Crippen molar-refractivity contribution in [1.29, 1.82) is 0 Å². The molecule has 0 saturated heterocycles. The second kappa shape index (κ2) is 6.69. The number of fused-ring (bicyclic) bond motifs is 2. The lowest BCUT2D eigenvalue weighted by atomic mass is 10.0. The van der Waals surface area contributed by atoms with Gasteiger partial charge in [0.2, 0.25) is 0 Å². The molecule has 1 aliphatic heterocycles. The van der Waals surface area contributed by atoms with Gasteiger partial charge in [-0.1, -0.05) is 31.9 Å². The monoisotopic (exact) mass is 450 g/mol. The number of halogens is 2. The predicted octanol–water partition coefficient (Wildman–Crippen LogP) is 4.69. The lowest BCUT2D eigenvalue weighted by Gasteiger charge is -2.37. The van der Waals surface area contributed by atoms with Gasteiger partial charge in [-0.3, -0.25) is 9.59 Å². The minimum Gasteiger partial charge on any atom is -0.341 e. The number of benzene rings is 2. The molecule has 0 aliphatic carbocycles. The fraction of sp³-hybridized carbons (Fsp3) is 0.222. The van der Waals surface area contributed by atoms with E-state index in [1.807, 2.05) is 50.5 Å². The summed E-state index contributed by atoms with van der Waals surface area (Å²) in [6.45, 7) is 0. The van der Waals surface area contributed by atoms with Gasteiger partial charge in [0.1, 0.15) is 0 Å². The summed E-state index contributed by atoms with van der Waals surface area (Å²) in [4.78, 5) is 28.0. The van der Waals surface area contributed by atoms with Crippen LogP contribution in [0.15, 0.2) is 36.4 Å². The molecule has 4 nitrogen and oxygen atoms in total. The highest BCUT2D eigenvalue weighted by Crippen LogP contribution is 2.46. The minimum atomic E-state index is 0.0536. The van der Waals surface area contributed by atoms with Crippen LogP contribution in [0.5, 0.6) is 0 Å². The Hall–Kier alpha value is -1.66. The number of Topliss-reactive ketones (excluding diaryl/α,β-unsaturated/α-hetero) is 2. The molecule has 1 aliphatic rings. The van der Waals surface area contributed by atoms with Gasteiger partial charge in [0.15, 0.2) is 11.6 Å². The highest BCUT2D eigenvalue weighted by atomic mass is 79.9. The van der Waals surface area contributed by atoms with Crippen LogP contribution in [0.3, 0.4) is 0 Å². The highest BCUT2D eigenvalue weighted by Gasteiger charge is 2.25. The molecule has 0 spiro atoms. The SMILES string of the molecule is CN1c2ccc(C(=O)CBr)cc2N(C)c2ccc(C(=O)CBr)cc21. The molecule has 0 saturated carbocycles. The number of ketones is 2. The van der Waals surface area contributed by atoms with Gasteiger partial charge in [-0.05, 0) is 36.4 Å². The maximum absolute atomic E-state index is 12.0. The van der Waals surface area contributed by atoms with Crippen molar-refractivity contribution in [2.75, 3.05) is 34.6 Å². The summed E-state index contributed by atoms with van der Waals surface area (Å²) >= 11 is 6.44. The second-order valence-corrected chi connectivity index (χ2v) is 6.76. The van der Waals surface area contributed by atoms with E-state index in [0.29, 0.717) is 21.8 Å². The van der Waals surface area contributed by atoms with E-state index in [1.165, 1.54) is 0 Å². The highest BCUT2D eigenvalue weighted by molar-refractivity contribution is 9.09. The molecule has 0 bridgehead atoms. The van der Waals surface area contributed by atoms with Crippen LogP contribution in [0.4, 0.5) is 22.7 Å². The van der Waals surface area contributed by atoms with Crippen LogP contribution < -0.4 is 9.80 Å². The van der Waals surface area contributed by atoms with Gasteiger partial charge in [0.05, 0.1) is 33.4 Å². The number of carbonyl (C=O) groups is 2. The van der Waals surface area contributed by atoms with Crippen molar-refractivity contribution in [3.8, 4) is 0 Å². The largest absolute Gasteiger partial charge is 0.341 e. The second-order valence-electron chi connectivity index (χ2n) is 5.64.